The van der Waals surface area contributed by atoms with Crippen molar-refractivity contribution in [3.05, 3.63) is 58.8 Å². The van der Waals surface area contributed by atoms with E-state index in [1.807, 2.05) is 0 Å². The van der Waals surface area contributed by atoms with Crippen molar-refractivity contribution >= 4 is 31.9 Å². The minimum absolute atomic E-state index is 0.100. The molecule has 2 heterocycles. The number of piperazine rings is 1. The summed E-state index contributed by atoms with van der Waals surface area (Å²) in [6, 6.07) is 9.96. The molecule has 1 aromatic carbocycles. The van der Waals surface area contributed by atoms with Crippen LogP contribution < -0.4 is 0 Å². The van der Waals surface area contributed by atoms with Crippen LogP contribution in [0, 0.1) is 0 Å². The number of halogens is 1. The van der Waals surface area contributed by atoms with Crippen molar-refractivity contribution in [1.29, 1.82) is 0 Å². The highest BCUT2D eigenvalue weighted by atomic mass is 79.9. The molecule has 1 aromatic heterocycles. The van der Waals surface area contributed by atoms with Gasteiger partial charge in [-0.05, 0) is 30.3 Å². The number of nitrogens with zero attached hydrogens (tertiary/aromatic N) is 3. The maximum absolute atomic E-state index is 12.7. The van der Waals surface area contributed by atoms with E-state index < -0.39 is 10.0 Å². The SMILES string of the molecule is O=C(c1ccncc1)N1CCN(S(=O)(=O)c2cccc(Br)c2)CC1. The Hall–Kier alpha value is -1.77. The van der Waals surface area contributed by atoms with Gasteiger partial charge in [0.05, 0.1) is 4.90 Å². The fourth-order valence-corrected chi connectivity index (χ4v) is 4.60. The average Bonchev–Trinajstić information content (AvgIpc) is 2.62. The number of benzene rings is 1. The number of sulfonamides is 1. The van der Waals surface area contributed by atoms with E-state index in [9.17, 15) is 13.2 Å². The van der Waals surface area contributed by atoms with Crippen molar-refractivity contribution in [2.75, 3.05) is 26.2 Å². The smallest absolute Gasteiger partial charge is 0.254 e. The summed E-state index contributed by atoms with van der Waals surface area (Å²) in [5.74, 6) is -0.100. The van der Waals surface area contributed by atoms with E-state index >= 15 is 0 Å². The van der Waals surface area contributed by atoms with Crippen LogP contribution in [0.1, 0.15) is 10.4 Å². The van der Waals surface area contributed by atoms with Crippen LogP contribution in [-0.2, 0) is 10.0 Å². The fourth-order valence-electron chi connectivity index (χ4n) is 2.59. The van der Waals surface area contributed by atoms with Gasteiger partial charge in [0.15, 0.2) is 0 Å². The molecule has 0 saturated carbocycles. The van der Waals surface area contributed by atoms with E-state index in [2.05, 4.69) is 20.9 Å². The molecule has 2 aromatic rings. The van der Waals surface area contributed by atoms with E-state index in [-0.39, 0.29) is 23.9 Å². The molecule has 1 saturated heterocycles. The fraction of sp³-hybridized carbons (Fsp3) is 0.250. The first-order valence-corrected chi connectivity index (χ1v) is 9.67. The Morgan fingerprint density at radius 1 is 1.04 bits per heavy atom. The van der Waals surface area contributed by atoms with E-state index in [1.165, 1.54) is 4.31 Å². The predicted octanol–water partition coefficient (Wildman–Crippen LogP) is 1.99. The topological polar surface area (TPSA) is 70.6 Å². The van der Waals surface area contributed by atoms with Crippen molar-refractivity contribution < 1.29 is 13.2 Å². The molecule has 1 amide bonds. The first kappa shape index (κ1) is 17.1. The zero-order valence-electron chi connectivity index (χ0n) is 12.8. The minimum atomic E-state index is -3.54. The molecule has 0 bridgehead atoms. The molecule has 0 unspecified atom stereocenters. The van der Waals surface area contributed by atoms with Crippen LogP contribution in [0.2, 0.25) is 0 Å². The molecule has 1 aliphatic rings. The third-order valence-corrected chi connectivity index (χ3v) is 6.27. The van der Waals surface area contributed by atoms with Crippen LogP contribution in [0.5, 0.6) is 0 Å². The Morgan fingerprint density at radius 2 is 1.71 bits per heavy atom. The van der Waals surface area contributed by atoms with Gasteiger partial charge in [-0.3, -0.25) is 9.78 Å². The van der Waals surface area contributed by atoms with Gasteiger partial charge in [-0.25, -0.2) is 8.42 Å². The number of carbonyl (C=O) groups excluding carboxylic acids is 1. The van der Waals surface area contributed by atoms with Crippen LogP contribution in [-0.4, -0.2) is 54.7 Å². The number of aromatic nitrogens is 1. The van der Waals surface area contributed by atoms with E-state index in [0.29, 0.717) is 18.7 Å². The highest BCUT2D eigenvalue weighted by molar-refractivity contribution is 9.10. The molecule has 6 nitrogen and oxygen atoms in total. The monoisotopic (exact) mass is 409 g/mol. The number of amides is 1. The first-order chi connectivity index (χ1) is 11.5. The van der Waals surface area contributed by atoms with Gasteiger partial charge in [0, 0.05) is 48.6 Å². The lowest BCUT2D eigenvalue weighted by atomic mass is 10.2. The molecule has 0 atom stereocenters. The minimum Gasteiger partial charge on any atom is -0.336 e. The van der Waals surface area contributed by atoms with Crippen LogP contribution in [0.25, 0.3) is 0 Å². The lowest BCUT2D eigenvalue weighted by Gasteiger charge is -2.34. The van der Waals surface area contributed by atoms with Crippen LogP contribution in [0.4, 0.5) is 0 Å². The van der Waals surface area contributed by atoms with Crippen molar-refractivity contribution in [3.8, 4) is 0 Å². The van der Waals surface area contributed by atoms with Crippen molar-refractivity contribution in [3.63, 3.8) is 0 Å². The Labute approximate surface area is 149 Å². The summed E-state index contributed by atoms with van der Waals surface area (Å²) in [4.78, 5) is 18.2. The van der Waals surface area contributed by atoms with E-state index in [1.54, 1.807) is 53.7 Å². The lowest BCUT2D eigenvalue weighted by molar-refractivity contribution is 0.0698. The van der Waals surface area contributed by atoms with E-state index in [0.717, 1.165) is 4.47 Å². The Balaban J connectivity index is 1.70. The second-order valence-corrected chi connectivity index (χ2v) is 8.24. The maximum Gasteiger partial charge on any atom is 0.254 e. The second-order valence-electron chi connectivity index (χ2n) is 5.39. The van der Waals surface area contributed by atoms with Crippen LogP contribution in [0.15, 0.2) is 58.2 Å². The average molecular weight is 410 g/mol. The normalized spacial score (nSPS) is 16.1. The number of carbonyl (C=O) groups is 1. The summed E-state index contributed by atoms with van der Waals surface area (Å²) in [6.07, 6.45) is 3.14. The number of hydrogen-bond donors (Lipinski definition) is 0. The van der Waals surface area contributed by atoms with E-state index in [4.69, 9.17) is 0 Å². The standard InChI is InChI=1S/C16H16BrN3O3S/c17-14-2-1-3-15(12-14)24(22,23)20-10-8-19(9-11-20)16(21)13-4-6-18-7-5-13/h1-7,12H,8-11H2. The molecule has 1 fully saturated rings. The summed E-state index contributed by atoms with van der Waals surface area (Å²) < 4.78 is 27.5. The van der Waals surface area contributed by atoms with Gasteiger partial charge in [-0.15, -0.1) is 0 Å². The van der Waals surface area contributed by atoms with Gasteiger partial charge in [0.25, 0.3) is 5.91 Å². The molecule has 24 heavy (non-hydrogen) atoms. The third kappa shape index (κ3) is 3.50. The zero-order chi connectivity index (χ0) is 17.2. The summed E-state index contributed by atoms with van der Waals surface area (Å²) in [5.41, 5.74) is 0.563. The largest absolute Gasteiger partial charge is 0.336 e. The van der Waals surface area contributed by atoms with Gasteiger partial charge >= 0.3 is 0 Å². The molecule has 0 radical (unpaired) electrons. The van der Waals surface area contributed by atoms with Crippen molar-refractivity contribution in [2.45, 2.75) is 4.90 Å². The first-order valence-electron chi connectivity index (χ1n) is 7.43. The summed E-state index contributed by atoms with van der Waals surface area (Å²) in [7, 11) is -3.54. The van der Waals surface area contributed by atoms with Gasteiger partial charge in [-0.2, -0.15) is 4.31 Å². The van der Waals surface area contributed by atoms with Gasteiger partial charge < -0.3 is 4.90 Å². The molecule has 126 valence electrons. The Bertz CT molecular complexity index is 835. The number of hydrogen-bond acceptors (Lipinski definition) is 4. The summed E-state index contributed by atoms with van der Waals surface area (Å²) in [5, 5.41) is 0. The lowest BCUT2D eigenvalue weighted by Crippen LogP contribution is -2.50. The molecule has 1 aliphatic heterocycles. The molecule has 3 rings (SSSR count). The van der Waals surface area contributed by atoms with Crippen molar-refractivity contribution in [2.24, 2.45) is 0 Å². The maximum atomic E-state index is 12.7. The summed E-state index contributed by atoms with van der Waals surface area (Å²) in [6.45, 7) is 1.31. The molecular formula is C16H16BrN3O3S. The Morgan fingerprint density at radius 3 is 2.33 bits per heavy atom. The molecule has 0 spiro atoms. The zero-order valence-corrected chi connectivity index (χ0v) is 15.2. The molecular weight excluding hydrogens is 394 g/mol. The van der Waals surface area contributed by atoms with Gasteiger partial charge in [0.2, 0.25) is 10.0 Å². The predicted molar refractivity (Wildman–Crippen MR) is 93.0 cm³/mol. The quantitative estimate of drug-likeness (QED) is 0.776. The third-order valence-electron chi connectivity index (χ3n) is 3.89. The number of rotatable bonds is 3. The van der Waals surface area contributed by atoms with Crippen molar-refractivity contribution in [1.82, 2.24) is 14.2 Å². The molecule has 8 heteroatoms. The van der Waals surface area contributed by atoms with Gasteiger partial charge in [-0.1, -0.05) is 22.0 Å². The van der Waals surface area contributed by atoms with Gasteiger partial charge in [0.1, 0.15) is 0 Å². The number of pyridine rings is 1. The molecule has 0 N–H and O–H groups in total. The Kier molecular flexibility index (Phi) is 4.98. The second kappa shape index (κ2) is 7.00. The highest BCUT2D eigenvalue weighted by Crippen LogP contribution is 2.21. The van der Waals surface area contributed by atoms with Crippen LogP contribution >= 0.6 is 15.9 Å². The molecule has 0 aliphatic carbocycles. The van der Waals surface area contributed by atoms with Crippen LogP contribution in [0.3, 0.4) is 0 Å². The summed E-state index contributed by atoms with van der Waals surface area (Å²) >= 11 is 3.29. The highest BCUT2D eigenvalue weighted by Gasteiger charge is 2.30.